The summed E-state index contributed by atoms with van der Waals surface area (Å²) in [7, 11) is 1.58. The Hall–Kier alpha value is -1.75. The van der Waals surface area contributed by atoms with Crippen LogP contribution in [0.2, 0.25) is 0 Å². The lowest BCUT2D eigenvalue weighted by molar-refractivity contribution is -0.137. The first-order chi connectivity index (χ1) is 8.17. The van der Waals surface area contributed by atoms with Crippen LogP contribution in [-0.2, 0) is 11.3 Å². The van der Waals surface area contributed by atoms with Gasteiger partial charge in [-0.3, -0.25) is 4.79 Å². The van der Waals surface area contributed by atoms with Gasteiger partial charge in [0.1, 0.15) is 11.5 Å². The van der Waals surface area contributed by atoms with Gasteiger partial charge in [0.05, 0.1) is 13.7 Å². The van der Waals surface area contributed by atoms with E-state index in [1.165, 1.54) is 0 Å². The number of aliphatic carboxylic acids is 1. The summed E-state index contributed by atoms with van der Waals surface area (Å²) < 4.78 is 10.6. The van der Waals surface area contributed by atoms with Gasteiger partial charge in [0.2, 0.25) is 0 Å². The third-order valence-electron chi connectivity index (χ3n) is 2.29. The van der Waals surface area contributed by atoms with E-state index >= 15 is 0 Å². The Morgan fingerprint density at radius 3 is 2.82 bits per heavy atom. The molecule has 0 heterocycles. The van der Waals surface area contributed by atoms with Crippen LogP contribution in [0, 0.1) is 0 Å². The number of carbonyl (C=O) groups is 1. The molecule has 1 aromatic carbocycles. The number of hydrogen-bond acceptors (Lipinski definition) is 4. The van der Waals surface area contributed by atoms with Crippen molar-refractivity contribution in [3.05, 3.63) is 23.8 Å². The van der Waals surface area contributed by atoms with Crippen molar-refractivity contribution in [2.75, 3.05) is 13.7 Å². The second kappa shape index (κ2) is 6.75. The van der Waals surface area contributed by atoms with E-state index in [0.29, 0.717) is 31.1 Å². The number of benzene rings is 1. The van der Waals surface area contributed by atoms with Crippen LogP contribution < -0.4 is 15.2 Å². The first-order valence-electron chi connectivity index (χ1n) is 5.39. The molecule has 5 heteroatoms. The number of ether oxygens (including phenoxy) is 2. The second-order valence-electron chi connectivity index (χ2n) is 3.52. The summed E-state index contributed by atoms with van der Waals surface area (Å²) in [5.41, 5.74) is 6.46. The number of methoxy groups -OCH3 is 1. The molecule has 0 fully saturated rings. The van der Waals surface area contributed by atoms with E-state index in [2.05, 4.69) is 0 Å². The Bertz CT molecular complexity index is 379. The minimum atomic E-state index is -0.821. The van der Waals surface area contributed by atoms with E-state index in [0.717, 1.165) is 5.56 Å². The molecular weight excluding hydrogens is 222 g/mol. The molecule has 0 aliphatic carbocycles. The third kappa shape index (κ3) is 4.32. The average Bonchev–Trinajstić information content (AvgIpc) is 2.34. The standard InChI is InChI=1S/C12H17NO4/c1-16-10-5-4-9(8-13)11(7-10)17-6-2-3-12(14)15/h4-5,7H,2-3,6,8,13H2,1H3,(H,14,15). The van der Waals surface area contributed by atoms with Crippen LogP contribution in [0.25, 0.3) is 0 Å². The van der Waals surface area contributed by atoms with Gasteiger partial charge in [0.25, 0.3) is 0 Å². The van der Waals surface area contributed by atoms with Crippen LogP contribution in [0.4, 0.5) is 0 Å². The highest BCUT2D eigenvalue weighted by Crippen LogP contribution is 2.24. The number of carboxylic acid groups (broad SMARTS) is 1. The van der Waals surface area contributed by atoms with Gasteiger partial charge in [-0.15, -0.1) is 0 Å². The Kier molecular flexibility index (Phi) is 5.29. The predicted octanol–water partition coefficient (Wildman–Crippen LogP) is 1.40. The van der Waals surface area contributed by atoms with Gasteiger partial charge in [-0.25, -0.2) is 0 Å². The molecule has 0 aromatic heterocycles. The Morgan fingerprint density at radius 2 is 2.24 bits per heavy atom. The molecule has 0 amide bonds. The fraction of sp³-hybridized carbons (Fsp3) is 0.417. The van der Waals surface area contributed by atoms with E-state index in [1.54, 1.807) is 13.2 Å². The molecule has 0 aliphatic rings. The molecule has 94 valence electrons. The summed E-state index contributed by atoms with van der Waals surface area (Å²) in [6.07, 6.45) is 0.568. The molecule has 0 unspecified atom stereocenters. The molecule has 0 atom stereocenters. The van der Waals surface area contributed by atoms with Crippen LogP contribution in [0.15, 0.2) is 18.2 Å². The fourth-order valence-electron chi connectivity index (χ4n) is 1.37. The van der Waals surface area contributed by atoms with Crippen molar-refractivity contribution in [2.24, 2.45) is 5.73 Å². The zero-order valence-corrected chi connectivity index (χ0v) is 9.81. The third-order valence-corrected chi connectivity index (χ3v) is 2.29. The van der Waals surface area contributed by atoms with Crippen molar-refractivity contribution in [1.29, 1.82) is 0 Å². The summed E-state index contributed by atoms with van der Waals surface area (Å²) in [6.45, 7) is 0.727. The van der Waals surface area contributed by atoms with Crippen LogP contribution in [0.1, 0.15) is 18.4 Å². The maximum absolute atomic E-state index is 10.3. The lowest BCUT2D eigenvalue weighted by Crippen LogP contribution is -2.06. The van der Waals surface area contributed by atoms with Gasteiger partial charge in [-0.1, -0.05) is 6.07 Å². The topological polar surface area (TPSA) is 81.8 Å². The van der Waals surface area contributed by atoms with E-state index in [4.69, 9.17) is 20.3 Å². The molecule has 0 saturated carbocycles. The second-order valence-corrected chi connectivity index (χ2v) is 3.52. The van der Waals surface area contributed by atoms with E-state index in [9.17, 15) is 4.79 Å². The Morgan fingerprint density at radius 1 is 1.47 bits per heavy atom. The Labute approximate surface area is 100 Å². The van der Waals surface area contributed by atoms with Crippen molar-refractivity contribution in [3.63, 3.8) is 0 Å². The molecule has 0 bridgehead atoms. The quantitative estimate of drug-likeness (QED) is 0.703. The van der Waals surface area contributed by atoms with E-state index in [1.807, 2.05) is 12.1 Å². The SMILES string of the molecule is COc1ccc(CN)c(OCCCC(=O)O)c1. The van der Waals surface area contributed by atoms with Crippen LogP contribution in [0.5, 0.6) is 11.5 Å². The van der Waals surface area contributed by atoms with Gasteiger partial charge in [-0.05, 0) is 12.5 Å². The smallest absolute Gasteiger partial charge is 0.303 e. The van der Waals surface area contributed by atoms with Gasteiger partial charge in [0.15, 0.2) is 0 Å². The molecule has 0 saturated heterocycles. The first-order valence-corrected chi connectivity index (χ1v) is 5.39. The van der Waals surface area contributed by atoms with Crippen LogP contribution >= 0.6 is 0 Å². The lowest BCUT2D eigenvalue weighted by Gasteiger charge is -2.11. The van der Waals surface area contributed by atoms with E-state index < -0.39 is 5.97 Å². The molecule has 3 N–H and O–H groups in total. The number of rotatable bonds is 7. The summed E-state index contributed by atoms with van der Waals surface area (Å²) in [4.78, 5) is 10.3. The van der Waals surface area contributed by atoms with Gasteiger partial charge < -0.3 is 20.3 Å². The van der Waals surface area contributed by atoms with Gasteiger partial charge in [0, 0.05) is 24.6 Å². The fourth-order valence-corrected chi connectivity index (χ4v) is 1.37. The molecule has 1 rings (SSSR count). The summed E-state index contributed by atoms with van der Waals surface area (Å²) >= 11 is 0. The monoisotopic (exact) mass is 239 g/mol. The molecular formula is C12H17NO4. The molecule has 0 spiro atoms. The average molecular weight is 239 g/mol. The number of hydrogen-bond donors (Lipinski definition) is 2. The maximum Gasteiger partial charge on any atom is 0.303 e. The maximum atomic E-state index is 10.3. The van der Waals surface area contributed by atoms with Crippen molar-refractivity contribution < 1.29 is 19.4 Å². The zero-order valence-electron chi connectivity index (χ0n) is 9.81. The van der Waals surface area contributed by atoms with Crippen LogP contribution in [0.3, 0.4) is 0 Å². The summed E-state index contributed by atoms with van der Waals surface area (Å²) in [5.74, 6) is 0.519. The highest BCUT2D eigenvalue weighted by atomic mass is 16.5. The molecule has 17 heavy (non-hydrogen) atoms. The molecule has 0 radical (unpaired) electrons. The number of nitrogens with two attached hydrogens (primary N) is 1. The van der Waals surface area contributed by atoms with E-state index in [-0.39, 0.29) is 6.42 Å². The highest BCUT2D eigenvalue weighted by Gasteiger charge is 2.05. The normalized spacial score (nSPS) is 10.0. The molecule has 1 aromatic rings. The number of carboxylic acids is 1. The Balaban J connectivity index is 2.58. The molecule has 0 aliphatic heterocycles. The summed E-state index contributed by atoms with van der Waals surface area (Å²) in [5, 5.41) is 8.50. The first kappa shape index (κ1) is 13.3. The molecule has 5 nitrogen and oxygen atoms in total. The highest BCUT2D eigenvalue weighted by molar-refractivity contribution is 5.66. The summed E-state index contributed by atoms with van der Waals surface area (Å²) in [6, 6.07) is 5.40. The minimum absolute atomic E-state index is 0.0991. The largest absolute Gasteiger partial charge is 0.497 e. The van der Waals surface area contributed by atoms with Crippen molar-refractivity contribution in [1.82, 2.24) is 0 Å². The van der Waals surface area contributed by atoms with Crippen molar-refractivity contribution in [3.8, 4) is 11.5 Å². The van der Waals surface area contributed by atoms with Gasteiger partial charge in [-0.2, -0.15) is 0 Å². The van der Waals surface area contributed by atoms with Crippen molar-refractivity contribution in [2.45, 2.75) is 19.4 Å². The zero-order chi connectivity index (χ0) is 12.7. The van der Waals surface area contributed by atoms with Crippen molar-refractivity contribution >= 4 is 5.97 Å². The predicted molar refractivity (Wildman–Crippen MR) is 63.3 cm³/mol. The van der Waals surface area contributed by atoms with Crippen LogP contribution in [-0.4, -0.2) is 24.8 Å². The van der Waals surface area contributed by atoms with Gasteiger partial charge >= 0.3 is 5.97 Å². The lowest BCUT2D eigenvalue weighted by atomic mass is 10.2. The minimum Gasteiger partial charge on any atom is -0.497 e.